The summed E-state index contributed by atoms with van der Waals surface area (Å²) < 4.78 is 25.0. The highest BCUT2D eigenvalue weighted by molar-refractivity contribution is 7.89. The average molecular weight is 207 g/mol. The summed E-state index contributed by atoms with van der Waals surface area (Å²) in [5, 5.41) is 8.96. The van der Waals surface area contributed by atoms with Crippen LogP contribution < -0.4 is 4.72 Å². The van der Waals surface area contributed by atoms with Crippen LogP contribution in [0.2, 0.25) is 0 Å². The molecular weight excluding hydrogens is 190 g/mol. The maximum absolute atomic E-state index is 11.3. The lowest BCUT2D eigenvalue weighted by Crippen LogP contribution is -2.48. The van der Waals surface area contributed by atoms with Crippen molar-refractivity contribution in [3.05, 3.63) is 12.7 Å². The first-order chi connectivity index (χ1) is 5.89. The van der Waals surface area contributed by atoms with E-state index in [9.17, 15) is 8.42 Å². The Morgan fingerprint density at radius 1 is 1.62 bits per heavy atom. The standard InChI is InChI=1S/C8H17NO3S/c1-4-6-13(11,12)9-8(3,5-2)7-10/h4,9-10H,1,5-7H2,2-3H3. The molecule has 4 nitrogen and oxygen atoms in total. The number of hydrogen-bond acceptors (Lipinski definition) is 3. The Kier molecular flexibility index (Phi) is 4.60. The third-order valence-corrected chi connectivity index (χ3v) is 3.35. The largest absolute Gasteiger partial charge is 0.394 e. The van der Waals surface area contributed by atoms with Gasteiger partial charge in [0, 0.05) is 0 Å². The van der Waals surface area contributed by atoms with Crippen LogP contribution in [0.5, 0.6) is 0 Å². The van der Waals surface area contributed by atoms with Gasteiger partial charge < -0.3 is 5.11 Å². The fourth-order valence-electron chi connectivity index (χ4n) is 0.788. The van der Waals surface area contributed by atoms with Crippen LogP contribution in [0.25, 0.3) is 0 Å². The molecule has 0 aromatic rings. The molecule has 0 radical (unpaired) electrons. The molecule has 0 aromatic heterocycles. The third kappa shape index (κ3) is 4.40. The number of hydrogen-bond donors (Lipinski definition) is 2. The normalized spacial score (nSPS) is 16.5. The second-order valence-electron chi connectivity index (χ2n) is 3.24. The maximum atomic E-state index is 11.3. The molecule has 0 aliphatic heterocycles. The van der Waals surface area contributed by atoms with Crippen molar-refractivity contribution in [1.82, 2.24) is 4.72 Å². The molecule has 0 spiro atoms. The highest BCUT2D eigenvalue weighted by Crippen LogP contribution is 2.09. The van der Waals surface area contributed by atoms with E-state index in [4.69, 9.17) is 5.11 Å². The van der Waals surface area contributed by atoms with Crippen molar-refractivity contribution in [1.29, 1.82) is 0 Å². The molecule has 0 fully saturated rings. The average Bonchev–Trinajstić information content (AvgIpc) is 2.03. The zero-order valence-corrected chi connectivity index (χ0v) is 8.89. The van der Waals surface area contributed by atoms with Crippen molar-refractivity contribution < 1.29 is 13.5 Å². The first-order valence-electron chi connectivity index (χ1n) is 4.12. The van der Waals surface area contributed by atoms with Gasteiger partial charge in [0.1, 0.15) is 0 Å². The number of sulfonamides is 1. The molecule has 0 saturated carbocycles. The van der Waals surface area contributed by atoms with E-state index >= 15 is 0 Å². The second kappa shape index (κ2) is 4.74. The number of rotatable bonds is 6. The molecule has 0 aliphatic rings. The third-order valence-electron chi connectivity index (χ3n) is 1.87. The van der Waals surface area contributed by atoms with E-state index in [1.54, 1.807) is 6.92 Å². The summed E-state index contributed by atoms with van der Waals surface area (Å²) in [5.74, 6) is -0.122. The van der Waals surface area contributed by atoms with Crippen molar-refractivity contribution in [2.45, 2.75) is 25.8 Å². The quantitative estimate of drug-likeness (QED) is 0.614. The molecule has 78 valence electrons. The summed E-state index contributed by atoms with van der Waals surface area (Å²) in [6, 6.07) is 0. The van der Waals surface area contributed by atoms with Crippen LogP contribution in [0.3, 0.4) is 0 Å². The molecule has 5 heteroatoms. The minimum atomic E-state index is -3.34. The number of aliphatic hydroxyl groups excluding tert-OH is 1. The molecule has 13 heavy (non-hydrogen) atoms. The SMILES string of the molecule is C=CCS(=O)(=O)NC(C)(CC)CO. The zero-order chi connectivity index (χ0) is 10.5. The lowest BCUT2D eigenvalue weighted by atomic mass is 10.0. The zero-order valence-electron chi connectivity index (χ0n) is 8.08. The minimum absolute atomic E-state index is 0.122. The van der Waals surface area contributed by atoms with Crippen LogP contribution in [-0.2, 0) is 10.0 Å². The lowest BCUT2D eigenvalue weighted by Gasteiger charge is -2.26. The highest BCUT2D eigenvalue weighted by Gasteiger charge is 2.26. The summed E-state index contributed by atoms with van der Waals surface area (Å²) in [6.45, 7) is 6.61. The topological polar surface area (TPSA) is 66.4 Å². The maximum Gasteiger partial charge on any atom is 0.215 e. The predicted molar refractivity (Wildman–Crippen MR) is 52.9 cm³/mol. The van der Waals surface area contributed by atoms with Crippen molar-refractivity contribution >= 4 is 10.0 Å². The van der Waals surface area contributed by atoms with Crippen LogP contribution in [0, 0.1) is 0 Å². The Hall–Kier alpha value is -0.390. The van der Waals surface area contributed by atoms with Gasteiger partial charge in [-0.1, -0.05) is 13.0 Å². The summed E-state index contributed by atoms with van der Waals surface area (Å²) in [5.41, 5.74) is -0.762. The van der Waals surface area contributed by atoms with Crippen LogP contribution >= 0.6 is 0 Å². The molecular formula is C8H17NO3S. The Balaban J connectivity index is 4.49. The van der Waals surface area contributed by atoms with Gasteiger partial charge in [-0.25, -0.2) is 13.1 Å². The molecule has 0 amide bonds. The van der Waals surface area contributed by atoms with Crippen LogP contribution in [0.1, 0.15) is 20.3 Å². The van der Waals surface area contributed by atoms with Crippen LogP contribution in [-0.4, -0.2) is 31.4 Å². The Morgan fingerprint density at radius 3 is 2.46 bits per heavy atom. The summed E-state index contributed by atoms with van der Waals surface area (Å²) in [4.78, 5) is 0. The van der Waals surface area contributed by atoms with Gasteiger partial charge in [0.25, 0.3) is 0 Å². The van der Waals surface area contributed by atoms with Crippen LogP contribution in [0.4, 0.5) is 0 Å². The van der Waals surface area contributed by atoms with Crippen molar-refractivity contribution in [2.24, 2.45) is 0 Å². The molecule has 0 bridgehead atoms. The molecule has 0 heterocycles. The van der Waals surface area contributed by atoms with Crippen molar-refractivity contribution in [3.8, 4) is 0 Å². The van der Waals surface area contributed by atoms with Gasteiger partial charge in [0.15, 0.2) is 0 Å². The lowest BCUT2D eigenvalue weighted by molar-refractivity contribution is 0.191. The monoisotopic (exact) mass is 207 g/mol. The Morgan fingerprint density at radius 2 is 2.15 bits per heavy atom. The number of aliphatic hydroxyl groups is 1. The van der Waals surface area contributed by atoms with E-state index < -0.39 is 15.6 Å². The molecule has 1 atom stereocenters. The molecule has 0 saturated heterocycles. The van der Waals surface area contributed by atoms with E-state index in [0.29, 0.717) is 6.42 Å². The van der Waals surface area contributed by atoms with Crippen LogP contribution in [0.15, 0.2) is 12.7 Å². The predicted octanol–water partition coefficient (Wildman–Crippen LogP) is 0.253. The number of nitrogens with one attached hydrogen (secondary N) is 1. The molecule has 0 aliphatic carbocycles. The van der Waals surface area contributed by atoms with Gasteiger partial charge in [-0.05, 0) is 13.3 Å². The van der Waals surface area contributed by atoms with E-state index in [0.717, 1.165) is 0 Å². The van der Waals surface area contributed by atoms with E-state index in [1.807, 2.05) is 6.92 Å². The minimum Gasteiger partial charge on any atom is -0.394 e. The highest BCUT2D eigenvalue weighted by atomic mass is 32.2. The molecule has 0 aromatic carbocycles. The first kappa shape index (κ1) is 12.6. The summed E-state index contributed by atoms with van der Waals surface area (Å²) in [7, 11) is -3.34. The second-order valence-corrected chi connectivity index (χ2v) is 5.01. The van der Waals surface area contributed by atoms with Gasteiger partial charge in [0.2, 0.25) is 10.0 Å². The van der Waals surface area contributed by atoms with Gasteiger partial charge >= 0.3 is 0 Å². The summed E-state index contributed by atoms with van der Waals surface area (Å²) in [6.07, 6.45) is 1.86. The fourth-order valence-corrected chi connectivity index (χ4v) is 2.14. The first-order valence-corrected chi connectivity index (χ1v) is 5.78. The molecule has 0 rings (SSSR count). The summed E-state index contributed by atoms with van der Waals surface area (Å²) >= 11 is 0. The fraction of sp³-hybridized carbons (Fsp3) is 0.750. The van der Waals surface area contributed by atoms with Crippen molar-refractivity contribution in [3.63, 3.8) is 0 Å². The Bertz CT molecular complexity index is 255. The van der Waals surface area contributed by atoms with Gasteiger partial charge in [-0.15, -0.1) is 6.58 Å². The van der Waals surface area contributed by atoms with Gasteiger partial charge in [-0.3, -0.25) is 0 Å². The smallest absolute Gasteiger partial charge is 0.215 e. The van der Waals surface area contributed by atoms with Gasteiger partial charge in [0.05, 0.1) is 17.9 Å². The van der Waals surface area contributed by atoms with E-state index in [2.05, 4.69) is 11.3 Å². The van der Waals surface area contributed by atoms with Crippen molar-refractivity contribution in [2.75, 3.05) is 12.4 Å². The van der Waals surface area contributed by atoms with E-state index in [1.165, 1.54) is 6.08 Å². The Labute approximate surface area is 79.7 Å². The van der Waals surface area contributed by atoms with E-state index in [-0.39, 0.29) is 12.4 Å². The molecule has 2 N–H and O–H groups in total. The van der Waals surface area contributed by atoms with Gasteiger partial charge in [-0.2, -0.15) is 0 Å². The molecule has 1 unspecified atom stereocenters.